The van der Waals surface area contributed by atoms with Crippen LogP contribution in [0.5, 0.6) is 0 Å². The highest BCUT2D eigenvalue weighted by Gasteiger charge is 2.48. The van der Waals surface area contributed by atoms with E-state index in [1.165, 1.54) is 21.9 Å². The lowest BCUT2D eigenvalue weighted by Gasteiger charge is -2.17. The lowest BCUT2D eigenvalue weighted by molar-refractivity contribution is -0.132. The Balaban J connectivity index is 1.27. The summed E-state index contributed by atoms with van der Waals surface area (Å²) in [5.74, 6) is -0.406. The number of carbonyl (C=O) groups is 1. The van der Waals surface area contributed by atoms with Crippen molar-refractivity contribution in [3.63, 3.8) is 0 Å². The zero-order chi connectivity index (χ0) is 25.7. The molecule has 0 radical (unpaired) electrons. The summed E-state index contributed by atoms with van der Waals surface area (Å²) in [5.41, 5.74) is 8.90. The first-order chi connectivity index (χ1) is 17.9. The highest BCUT2D eigenvalue weighted by atomic mass is 16.6. The van der Waals surface area contributed by atoms with Gasteiger partial charge in [-0.2, -0.15) is 5.10 Å². The molecular weight excluding hydrogens is 482 g/mol. The second-order valence-electron chi connectivity index (χ2n) is 8.50. The number of fused-ring (bicyclic) bond motifs is 1. The average molecular weight is 503 g/mol. The van der Waals surface area contributed by atoms with Gasteiger partial charge < -0.3 is 30.6 Å². The molecule has 1 aliphatic rings. The molecule has 5 N–H and O–H groups in total. The normalized spacial score (nSPS) is 21.5. The molecule has 0 saturated carbocycles. The number of carbonyl (C=O) groups excluding carboxylic acids is 1. The summed E-state index contributed by atoms with van der Waals surface area (Å²) >= 11 is 0. The number of aromatic nitrogens is 9. The van der Waals surface area contributed by atoms with E-state index in [-0.39, 0.29) is 5.82 Å². The number of hydrogen-bond donors (Lipinski definition) is 4. The van der Waals surface area contributed by atoms with Gasteiger partial charge in [-0.25, -0.2) is 14.6 Å². The van der Waals surface area contributed by atoms with E-state index >= 15 is 0 Å². The number of ether oxygens (including phenoxy) is 1. The van der Waals surface area contributed by atoms with E-state index in [4.69, 9.17) is 10.5 Å². The molecule has 0 spiro atoms. The summed E-state index contributed by atoms with van der Waals surface area (Å²) in [6.45, 7) is 0. The van der Waals surface area contributed by atoms with Crippen molar-refractivity contribution in [3.05, 3.63) is 55.4 Å². The van der Waals surface area contributed by atoms with Crippen molar-refractivity contribution >= 4 is 28.4 Å². The maximum Gasteiger partial charge on any atom is 0.256 e. The Morgan fingerprint density at radius 3 is 2.65 bits per heavy atom. The highest BCUT2D eigenvalue weighted by molar-refractivity contribution is 6.00. The summed E-state index contributed by atoms with van der Waals surface area (Å²) in [4.78, 5) is 21.4. The van der Waals surface area contributed by atoms with Crippen LogP contribution >= 0.6 is 0 Å². The second kappa shape index (κ2) is 8.74. The number of anilines is 2. The zero-order valence-corrected chi connectivity index (χ0v) is 19.3. The molecular formula is C22H21N11O4. The Morgan fingerprint density at radius 2 is 1.95 bits per heavy atom. The van der Waals surface area contributed by atoms with Gasteiger partial charge in [0.05, 0.1) is 16.8 Å². The highest BCUT2D eigenvalue weighted by Crippen LogP contribution is 2.38. The first-order valence-corrected chi connectivity index (χ1v) is 11.2. The van der Waals surface area contributed by atoms with Crippen molar-refractivity contribution < 1.29 is 19.7 Å². The van der Waals surface area contributed by atoms with Gasteiger partial charge in [-0.3, -0.25) is 9.48 Å². The van der Waals surface area contributed by atoms with Gasteiger partial charge in [-0.05, 0) is 40.8 Å². The van der Waals surface area contributed by atoms with Gasteiger partial charge in [0.15, 0.2) is 12.3 Å². The minimum atomic E-state index is -1.50. The predicted molar refractivity (Wildman–Crippen MR) is 128 cm³/mol. The molecule has 5 heterocycles. The Kier molecular flexibility index (Phi) is 5.36. The van der Waals surface area contributed by atoms with Gasteiger partial charge in [0, 0.05) is 30.7 Å². The van der Waals surface area contributed by atoms with Gasteiger partial charge in [0.2, 0.25) is 0 Å². The van der Waals surface area contributed by atoms with Crippen molar-refractivity contribution in [2.75, 3.05) is 11.1 Å². The third-order valence-electron chi connectivity index (χ3n) is 6.15. The van der Waals surface area contributed by atoms with Crippen LogP contribution in [-0.2, 0) is 16.6 Å². The number of aryl methyl sites for hydroxylation is 1. The van der Waals surface area contributed by atoms with Crippen LogP contribution in [0.1, 0.15) is 6.23 Å². The van der Waals surface area contributed by atoms with Crippen LogP contribution < -0.4 is 11.1 Å². The number of rotatable bonds is 5. The van der Waals surface area contributed by atoms with Gasteiger partial charge in [-0.15, -0.1) is 5.10 Å². The zero-order valence-electron chi connectivity index (χ0n) is 19.3. The molecule has 1 aliphatic heterocycles. The molecule has 0 aliphatic carbocycles. The van der Waals surface area contributed by atoms with Crippen molar-refractivity contribution in [3.8, 4) is 16.9 Å². The average Bonchev–Trinajstić information content (AvgIpc) is 3.68. The summed E-state index contributed by atoms with van der Waals surface area (Å²) in [5, 5.41) is 40.2. The van der Waals surface area contributed by atoms with Crippen LogP contribution in [0, 0.1) is 0 Å². The number of nitrogens with zero attached hydrogens (tertiary/aromatic N) is 9. The van der Waals surface area contributed by atoms with E-state index in [0.29, 0.717) is 33.7 Å². The van der Waals surface area contributed by atoms with Crippen molar-refractivity contribution in [2.24, 2.45) is 7.05 Å². The molecule has 1 saturated heterocycles. The van der Waals surface area contributed by atoms with Crippen LogP contribution in [0.25, 0.3) is 28.0 Å². The standard InChI is InChI=1S/C22H21N11O4/c1-31-7-6-14(28-31)13-8-32(20-15(13)19(23)24-9-25-20)22-17(35)16(34)18(37-22)21(36)27-11-2-4-12(5-3-11)33-10-26-29-30-33/h2-10,16-18,22,34-35H,1H3,(H,27,36)(H2,23,24,25)/t16-,17+,18-,22+/m0/s1. The number of nitrogen functional groups attached to an aromatic ring is 1. The number of aliphatic hydroxyl groups excluding tert-OH is 2. The molecule has 188 valence electrons. The fraction of sp³-hybridized carbons (Fsp3) is 0.227. The molecule has 15 heteroatoms. The van der Waals surface area contributed by atoms with Gasteiger partial charge >= 0.3 is 0 Å². The van der Waals surface area contributed by atoms with Crippen LogP contribution in [0.3, 0.4) is 0 Å². The van der Waals surface area contributed by atoms with Crippen molar-refractivity contribution in [1.82, 2.24) is 44.5 Å². The summed E-state index contributed by atoms with van der Waals surface area (Å²) in [6.07, 6.45) is 0.770. The molecule has 1 fully saturated rings. The third kappa shape index (κ3) is 3.86. The molecule has 6 rings (SSSR count). The number of nitrogens with one attached hydrogen (secondary N) is 1. The minimum absolute atomic E-state index is 0.219. The van der Waals surface area contributed by atoms with Crippen LogP contribution in [-0.4, -0.2) is 79.0 Å². The smallest absolute Gasteiger partial charge is 0.256 e. The van der Waals surface area contributed by atoms with Crippen LogP contribution in [0.2, 0.25) is 0 Å². The van der Waals surface area contributed by atoms with Crippen LogP contribution in [0.15, 0.2) is 55.4 Å². The van der Waals surface area contributed by atoms with E-state index in [1.807, 2.05) is 0 Å². The van der Waals surface area contributed by atoms with Crippen LogP contribution in [0.4, 0.5) is 11.5 Å². The topological polar surface area (TPSA) is 197 Å². The van der Waals surface area contributed by atoms with E-state index in [2.05, 4.69) is 35.9 Å². The summed E-state index contributed by atoms with van der Waals surface area (Å²) < 4.78 is 10.5. The first-order valence-electron chi connectivity index (χ1n) is 11.2. The maximum absolute atomic E-state index is 13.0. The number of benzene rings is 1. The molecule has 15 nitrogen and oxygen atoms in total. The summed E-state index contributed by atoms with van der Waals surface area (Å²) in [6, 6.07) is 8.54. The fourth-order valence-corrected chi connectivity index (χ4v) is 4.35. The van der Waals surface area contributed by atoms with E-state index in [9.17, 15) is 15.0 Å². The Morgan fingerprint density at radius 1 is 1.14 bits per heavy atom. The predicted octanol–water partition coefficient (Wildman–Crippen LogP) is -0.352. The SMILES string of the molecule is Cn1ccc(-c2cn([C@@H]3O[C@H](C(=O)Nc4ccc(-n5cnnn5)cc4)[C@@H](O)[C@H]3O)c3ncnc(N)c23)n1. The monoisotopic (exact) mass is 503 g/mol. The van der Waals surface area contributed by atoms with Gasteiger partial charge in [0.1, 0.15) is 36.3 Å². The second-order valence-corrected chi connectivity index (χ2v) is 8.50. The molecule has 0 unspecified atom stereocenters. The van der Waals surface area contributed by atoms with Gasteiger partial charge in [0.25, 0.3) is 5.91 Å². The summed E-state index contributed by atoms with van der Waals surface area (Å²) in [7, 11) is 1.78. The van der Waals surface area contributed by atoms with E-state index in [1.54, 1.807) is 54.5 Å². The Bertz CT molecular complexity index is 1580. The molecule has 4 atom stereocenters. The lowest BCUT2D eigenvalue weighted by Crippen LogP contribution is -2.39. The van der Waals surface area contributed by atoms with Crippen molar-refractivity contribution in [1.29, 1.82) is 0 Å². The largest absolute Gasteiger partial charge is 0.387 e. The molecule has 4 aromatic heterocycles. The third-order valence-corrected chi connectivity index (χ3v) is 6.15. The molecule has 0 bridgehead atoms. The molecule has 1 aromatic carbocycles. The quantitative estimate of drug-likeness (QED) is 0.244. The number of amides is 1. The number of hydrogen-bond acceptors (Lipinski definition) is 11. The molecule has 5 aromatic rings. The first kappa shape index (κ1) is 22.7. The minimum Gasteiger partial charge on any atom is -0.387 e. The molecule has 37 heavy (non-hydrogen) atoms. The maximum atomic E-state index is 13.0. The van der Waals surface area contributed by atoms with E-state index < -0.39 is 30.4 Å². The fourth-order valence-electron chi connectivity index (χ4n) is 4.35. The molecule has 1 amide bonds. The van der Waals surface area contributed by atoms with Crippen molar-refractivity contribution in [2.45, 2.75) is 24.5 Å². The van der Waals surface area contributed by atoms with Gasteiger partial charge in [-0.1, -0.05) is 0 Å². The Hall–Kier alpha value is -4.73. The Labute approximate surface area is 208 Å². The lowest BCUT2D eigenvalue weighted by atomic mass is 10.1. The number of aliphatic hydroxyl groups is 2. The van der Waals surface area contributed by atoms with E-state index in [0.717, 1.165) is 0 Å². The number of nitrogens with two attached hydrogens (primary N) is 1. The number of tetrazole rings is 1.